The van der Waals surface area contributed by atoms with Gasteiger partial charge < -0.3 is 39.4 Å². The molecule has 62 heavy (non-hydrogen) atoms. The molecule has 11 heteroatoms. The normalized spacial score (nSPS) is 19.8. The van der Waals surface area contributed by atoms with E-state index in [9.17, 15) is 34.8 Å². The second-order valence-electron chi connectivity index (χ2n) is 17.3. The van der Waals surface area contributed by atoms with Crippen LogP contribution in [-0.4, -0.2) is 88.4 Å². The van der Waals surface area contributed by atoms with Gasteiger partial charge >= 0.3 is 17.9 Å². The second kappa shape index (κ2) is 41.2. The molecule has 0 saturated carbocycles. The van der Waals surface area contributed by atoms with Crippen molar-refractivity contribution in [3.63, 3.8) is 0 Å². The molecular weight excluding hydrogens is 789 g/mol. The average Bonchev–Trinajstić information content (AvgIpc) is 3.26. The van der Waals surface area contributed by atoms with Gasteiger partial charge in [-0.3, -0.25) is 9.59 Å². The molecule has 0 aromatic heterocycles. The number of unbranched alkanes of at least 4 members (excludes halogenated alkanes) is 25. The van der Waals surface area contributed by atoms with Gasteiger partial charge in [0.15, 0.2) is 18.5 Å². The summed E-state index contributed by atoms with van der Waals surface area (Å²) in [6.07, 6.45) is 39.0. The van der Waals surface area contributed by atoms with Gasteiger partial charge in [0, 0.05) is 12.8 Å². The fourth-order valence-electron chi connectivity index (χ4n) is 7.53. The number of carbonyl (C=O) groups excluding carboxylic acids is 2. The van der Waals surface area contributed by atoms with Crippen LogP contribution in [0.5, 0.6) is 0 Å². The maximum absolute atomic E-state index is 12.8. The van der Waals surface area contributed by atoms with E-state index in [4.69, 9.17) is 18.9 Å². The summed E-state index contributed by atoms with van der Waals surface area (Å²) in [4.78, 5) is 36.9. The van der Waals surface area contributed by atoms with Crippen LogP contribution in [0, 0.1) is 0 Å². The van der Waals surface area contributed by atoms with Crippen LogP contribution in [0.3, 0.4) is 0 Å². The number of carboxylic acid groups (broad SMARTS) is 1. The number of ether oxygens (including phenoxy) is 4. The number of carboxylic acids is 1. The third-order valence-corrected chi connectivity index (χ3v) is 11.5. The lowest BCUT2D eigenvalue weighted by atomic mass is 9.99. The average molecular weight is 879 g/mol. The van der Waals surface area contributed by atoms with Crippen LogP contribution in [0.25, 0.3) is 0 Å². The number of carbonyl (C=O) groups is 3. The predicted octanol–water partition coefficient (Wildman–Crippen LogP) is 11.5. The van der Waals surface area contributed by atoms with Crippen molar-refractivity contribution in [2.45, 2.75) is 256 Å². The topological polar surface area (TPSA) is 169 Å². The van der Waals surface area contributed by atoms with Gasteiger partial charge in [-0.1, -0.05) is 192 Å². The number of aliphatic carboxylic acids is 1. The number of rotatable bonds is 42. The number of hydrogen-bond donors (Lipinski definition) is 4. The molecule has 6 unspecified atom stereocenters. The third-order valence-electron chi connectivity index (χ3n) is 11.5. The molecule has 0 aromatic carbocycles. The van der Waals surface area contributed by atoms with Gasteiger partial charge in [-0.15, -0.1) is 0 Å². The SMILES string of the molecule is CCCCC/C=C\C/C=C\C/C=C\CCCCCCCCC(=O)OCC(COC1OC(C(=O)O)C(O)C(O)C1O)OC(=O)CCCCCCCCCCCCCCCCCCC. The van der Waals surface area contributed by atoms with Crippen molar-refractivity contribution in [2.24, 2.45) is 0 Å². The highest BCUT2D eigenvalue weighted by Crippen LogP contribution is 2.23. The maximum atomic E-state index is 12.8. The van der Waals surface area contributed by atoms with Crippen LogP contribution in [0.2, 0.25) is 0 Å². The van der Waals surface area contributed by atoms with E-state index in [1.54, 1.807) is 0 Å². The highest BCUT2D eigenvalue weighted by molar-refractivity contribution is 5.73. The third kappa shape index (κ3) is 32.1. The molecule has 0 aromatic rings. The highest BCUT2D eigenvalue weighted by atomic mass is 16.7. The van der Waals surface area contributed by atoms with E-state index in [0.717, 1.165) is 70.6 Å². The summed E-state index contributed by atoms with van der Waals surface area (Å²) in [6.45, 7) is 3.80. The lowest BCUT2D eigenvalue weighted by Crippen LogP contribution is -2.60. The van der Waals surface area contributed by atoms with E-state index in [0.29, 0.717) is 12.8 Å². The monoisotopic (exact) mass is 879 g/mol. The number of esters is 2. The molecule has 0 amide bonds. The highest BCUT2D eigenvalue weighted by Gasteiger charge is 2.47. The molecular formula is C51H90O11. The van der Waals surface area contributed by atoms with Crippen LogP contribution in [0.15, 0.2) is 36.5 Å². The first-order valence-electron chi connectivity index (χ1n) is 25.0. The van der Waals surface area contributed by atoms with E-state index in [2.05, 4.69) is 50.3 Å². The van der Waals surface area contributed by atoms with Crippen LogP contribution < -0.4 is 0 Å². The molecule has 360 valence electrons. The Morgan fingerprint density at radius 3 is 1.39 bits per heavy atom. The Bertz CT molecular complexity index is 1170. The molecule has 4 N–H and O–H groups in total. The minimum Gasteiger partial charge on any atom is -0.479 e. The molecule has 0 bridgehead atoms. The molecule has 0 aliphatic carbocycles. The number of aliphatic hydroxyl groups excluding tert-OH is 3. The first-order valence-corrected chi connectivity index (χ1v) is 25.0. The Hall–Kier alpha value is -2.57. The van der Waals surface area contributed by atoms with E-state index < -0.39 is 61.3 Å². The summed E-state index contributed by atoms with van der Waals surface area (Å²) in [7, 11) is 0. The molecule has 1 rings (SSSR count). The number of hydrogen-bond acceptors (Lipinski definition) is 10. The minimum absolute atomic E-state index is 0.183. The van der Waals surface area contributed by atoms with E-state index in [1.165, 1.54) is 109 Å². The Labute approximate surface area is 376 Å². The predicted molar refractivity (Wildman–Crippen MR) is 248 cm³/mol. The molecule has 0 spiro atoms. The quantitative estimate of drug-likeness (QED) is 0.0261. The molecule has 1 heterocycles. The first-order chi connectivity index (χ1) is 30.2. The molecule has 1 aliphatic rings. The van der Waals surface area contributed by atoms with E-state index >= 15 is 0 Å². The van der Waals surface area contributed by atoms with Gasteiger partial charge in [0.05, 0.1) is 6.61 Å². The van der Waals surface area contributed by atoms with Crippen molar-refractivity contribution in [1.82, 2.24) is 0 Å². The van der Waals surface area contributed by atoms with Gasteiger partial charge in [0.2, 0.25) is 0 Å². The molecule has 1 aliphatic heterocycles. The van der Waals surface area contributed by atoms with Crippen molar-refractivity contribution in [2.75, 3.05) is 13.2 Å². The van der Waals surface area contributed by atoms with Crippen molar-refractivity contribution >= 4 is 17.9 Å². The van der Waals surface area contributed by atoms with Gasteiger partial charge in [0.1, 0.15) is 24.9 Å². The minimum atomic E-state index is -1.86. The van der Waals surface area contributed by atoms with Crippen molar-refractivity contribution in [3.05, 3.63) is 36.5 Å². The molecule has 11 nitrogen and oxygen atoms in total. The Morgan fingerprint density at radius 1 is 0.500 bits per heavy atom. The zero-order chi connectivity index (χ0) is 45.3. The second-order valence-corrected chi connectivity index (χ2v) is 17.3. The maximum Gasteiger partial charge on any atom is 0.335 e. The lowest BCUT2D eigenvalue weighted by molar-refractivity contribution is -0.298. The van der Waals surface area contributed by atoms with Crippen LogP contribution in [0.1, 0.15) is 219 Å². The zero-order valence-electron chi connectivity index (χ0n) is 39.1. The van der Waals surface area contributed by atoms with E-state index in [1.807, 2.05) is 0 Å². The van der Waals surface area contributed by atoms with E-state index in [-0.39, 0.29) is 19.4 Å². The largest absolute Gasteiger partial charge is 0.479 e. The zero-order valence-corrected chi connectivity index (χ0v) is 39.1. The van der Waals surface area contributed by atoms with Crippen LogP contribution in [0.4, 0.5) is 0 Å². The van der Waals surface area contributed by atoms with Crippen LogP contribution >= 0.6 is 0 Å². The summed E-state index contributed by atoms with van der Waals surface area (Å²) in [5.74, 6) is -2.45. The summed E-state index contributed by atoms with van der Waals surface area (Å²) in [6, 6.07) is 0. The summed E-state index contributed by atoms with van der Waals surface area (Å²) in [5.41, 5.74) is 0. The molecule has 0 radical (unpaired) electrons. The fourth-order valence-corrected chi connectivity index (χ4v) is 7.53. The summed E-state index contributed by atoms with van der Waals surface area (Å²) < 4.78 is 21.8. The number of aliphatic hydroxyl groups is 3. The first kappa shape index (κ1) is 57.4. The Kier molecular flexibility index (Phi) is 38.1. The molecule has 6 atom stereocenters. The van der Waals surface area contributed by atoms with Gasteiger partial charge in [-0.25, -0.2) is 4.79 Å². The molecule has 1 saturated heterocycles. The number of allylic oxidation sites excluding steroid dienone is 6. The van der Waals surface area contributed by atoms with Crippen molar-refractivity contribution in [1.29, 1.82) is 0 Å². The van der Waals surface area contributed by atoms with Gasteiger partial charge in [-0.2, -0.15) is 0 Å². The smallest absolute Gasteiger partial charge is 0.335 e. The molecule has 1 fully saturated rings. The van der Waals surface area contributed by atoms with Gasteiger partial charge in [0.25, 0.3) is 0 Å². The summed E-state index contributed by atoms with van der Waals surface area (Å²) >= 11 is 0. The van der Waals surface area contributed by atoms with Crippen molar-refractivity contribution < 1.29 is 53.8 Å². The van der Waals surface area contributed by atoms with Gasteiger partial charge in [-0.05, 0) is 51.4 Å². The van der Waals surface area contributed by atoms with Crippen LogP contribution in [-0.2, 0) is 33.3 Å². The standard InChI is InChI=1S/C51H90O11/c1-3-5-7-9-11-13-15-17-19-21-22-24-25-27-29-31-33-35-37-39-44(52)59-41-43(42-60-51-48(56)46(54)47(55)49(62-51)50(57)58)61-45(53)40-38-36-34-32-30-28-26-23-20-18-16-14-12-10-8-6-4-2/h11,13,17,19,22,24,43,46-49,51,54-56H,3-10,12,14-16,18,20-21,23,25-42H2,1-2H3,(H,57,58)/b13-11-,19-17-,24-22-. The lowest BCUT2D eigenvalue weighted by Gasteiger charge is -2.38. The Balaban J connectivity index is 2.32. The fraction of sp³-hybridized carbons (Fsp3) is 0.824. The Morgan fingerprint density at radius 2 is 0.903 bits per heavy atom. The van der Waals surface area contributed by atoms with Crippen molar-refractivity contribution in [3.8, 4) is 0 Å². The summed E-state index contributed by atoms with van der Waals surface area (Å²) in [5, 5.41) is 39.9.